The fourth-order valence-corrected chi connectivity index (χ4v) is 5.23. The van der Waals surface area contributed by atoms with Gasteiger partial charge in [0.25, 0.3) is 5.69 Å². The van der Waals surface area contributed by atoms with Gasteiger partial charge < -0.3 is 5.73 Å². The Balaban J connectivity index is 0.00000264. The molecule has 1 aromatic carbocycles. The Bertz CT molecular complexity index is 681. The number of piperidine rings is 1. The lowest BCUT2D eigenvalue weighted by Gasteiger charge is -2.38. The molecule has 1 aliphatic heterocycles. The van der Waals surface area contributed by atoms with Crippen molar-refractivity contribution in [3.63, 3.8) is 0 Å². The summed E-state index contributed by atoms with van der Waals surface area (Å²) in [7, 11) is -3.95. The number of hydrogen-bond donors (Lipinski definition) is 1. The topological polar surface area (TPSA) is 107 Å². The van der Waals surface area contributed by atoms with E-state index in [2.05, 4.69) is 0 Å². The van der Waals surface area contributed by atoms with Gasteiger partial charge in [-0.15, -0.1) is 12.4 Å². The van der Waals surface area contributed by atoms with Gasteiger partial charge >= 0.3 is 0 Å². The molecule has 7 nitrogen and oxygen atoms in total. The van der Waals surface area contributed by atoms with Crippen LogP contribution in [0.3, 0.4) is 0 Å². The molecule has 9 heteroatoms. The zero-order valence-corrected chi connectivity index (χ0v) is 14.8. The van der Waals surface area contributed by atoms with E-state index < -0.39 is 14.9 Å². The molecule has 0 aliphatic carbocycles. The number of halogens is 1. The van der Waals surface area contributed by atoms with E-state index in [0.717, 1.165) is 12.8 Å². The molecular formula is C14H22ClN3O4S. The highest BCUT2D eigenvalue weighted by atomic mass is 35.5. The van der Waals surface area contributed by atoms with Crippen molar-refractivity contribution in [1.29, 1.82) is 0 Å². The summed E-state index contributed by atoms with van der Waals surface area (Å²) in [4.78, 5) is 10.4. The Kier molecular flexibility index (Phi) is 6.52. The van der Waals surface area contributed by atoms with Gasteiger partial charge in [0, 0.05) is 25.2 Å². The number of benzene rings is 1. The summed E-state index contributed by atoms with van der Waals surface area (Å²) in [6.45, 7) is 4.09. The summed E-state index contributed by atoms with van der Waals surface area (Å²) in [5.41, 5.74) is 5.75. The summed E-state index contributed by atoms with van der Waals surface area (Å²) in [6.07, 6.45) is 1.64. The number of sulfonamides is 1. The standard InChI is InChI=1S/C14H21N3O4S.ClH/c1-10-6-4-8-16(13(10)9-15)22(20,21)14-11(2)5-3-7-12(14)17(18)19;/h3,5,7,10,13H,4,6,8-9,15H2,1-2H3;1H. The van der Waals surface area contributed by atoms with E-state index in [1.807, 2.05) is 6.92 Å². The van der Waals surface area contributed by atoms with Crippen LogP contribution in [0.25, 0.3) is 0 Å². The second kappa shape index (κ2) is 7.57. The maximum absolute atomic E-state index is 13.0. The molecule has 0 amide bonds. The first-order valence-corrected chi connectivity index (χ1v) is 8.70. The molecular weight excluding hydrogens is 342 g/mol. The predicted octanol–water partition coefficient (Wildman–Crippen LogP) is 2.07. The molecule has 2 N–H and O–H groups in total. The molecule has 2 unspecified atom stereocenters. The molecule has 2 atom stereocenters. The van der Waals surface area contributed by atoms with Crippen LogP contribution in [-0.2, 0) is 10.0 Å². The van der Waals surface area contributed by atoms with Crippen LogP contribution in [0, 0.1) is 23.0 Å². The first-order valence-electron chi connectivity index (χ1n) is 7.26. The van der Waals surface area contributed by atoms with Crippen LogP contribution in [0.1, 0.15) is 25.3 Å². The van der Waals surface area contributed by atoms with Crippen LogP contribution >= 0.6 is 12.4 Å². The average Bonchev–Trinajstić information content (AvgIpc) is 2.46. The Hall–Kier alpha value is -1.22. The van der Waals surface area contributed by atoms with Gasteiger partial charge in [-0.3, -0.25) is 10.1 Å². The van der Waals surface area contributed by atoms with E-state index in [-0.39, 0.29) is 41.5 Å². The number of nitro groups is 1. The van der Waals surface area contributed by atoms with E-state index in [4.69, 9.17) is 5.73 Å². The number of hydrogen-bond acceptors (Lipinski definition) is 5. The molecule has 1 heterocycles. The van der Waals surface area contributed by atoms with E-state index in [0.29, 0.717) is 12.1 Å². The average molecular weight is 364 g/mol. The van der Waals surface area contributed by atoms with Crippen molar-refractivity contribution in [2.75, 3.05) is 13.1 Å². The third-order valence-electron chi connectivity index (χ3n) is 4.26. The highest BCUT2D eigenvalue weighted by Crippen LogP contribution is 2.34. The van der Waals surface area contributed by atoms with Gasteiger partial charge in [0.05, 0.1) is 4.92 Å². The van der Waals surface area contributed by atoms with Crippen LogP contribution in [0.15, 0.2) is 23.1 Å². The third-order valence-corrected chi connectivity index (χ3v) is 6.38. The van der Waals surface area contributed by atoms with Crippen molar-refractivity contribution in [2.24, 2.45) is 11.7 Å². The lowest BCUT2D eigenvalue weighted by molar-refractivity contribution is -0.388. The van der Waals surface area contributed by atoms with Crippen molar-refractivity contribution in [3.8, 4) is 0 Å². The van der Waals surface area contributed by atoms with Gasteiger partial charge in [0.1, 0.15) is 0 Å². The number of nitrogens with two attached hydrogens (primary N) is 1. The molecule has 0 aromatic heterocycles. The molecule has 1 fully saturated rings. The molecule has 1 saturated heterocycles. The minimum absolute atomic E-state index is 0. The zero-order chi connectivity index (χ0) is 16.5. The molecule has 130 valence electrons. The van der Waals surface area contributed by atoms with E-state index in [1.54, 1.807) is 13.0 Å². The van der Waals surface area contributed by atoms with Crippen LogP contribution in [-0.4, -0.2) is 36.8 Å². The minimum atomic E-state index is -3.95. The molecule has 23 heavy (non-hydrogen) atoms. The van der Waals surface area contributed by atoms with Crippen LogP contribution < -0.4 is 5.73 Å². The minimum Gasteiger partial charge on any atom is -0.329 e. The van der Waals surface area contributed by atoms with Gasteiger partial charge in [-0.05, 0) is 31.2 Å². The lowest BCUT2D eigenvalue weighted by atomic mass is 9.93. The normalized spacial score (nSPS) is 22.4. The first kappa shape index (κ1) is 19.8. The number of nitrogens with zero attached hydrogens (tertiary/aromatic N) is 2. The van der Waals surface area contributed by atoms with Crippen molar-refractivity contribution in [1.82, 2.24) is 4.31 Å². The Morgan fingerprint density at radius 1 is 1.43 bits per heavy atom. The molecule has 0 spiro atoms. The fraction of sp³-hybridized carbons (Fsp3) is 0.571. The summed E-state index contributed by atoms with van der Waals surface area (Å²) in [5, 5.41) is 11.2. The Morgan fingerprint density at radius 2 is 2.09 bits per heavy atom. The van der Waals surface area contributed by atoms with Gasteiger partial charge in [-0.25, -0.2) is 8.42 Å². The SMILES string of the molecule is Cc1cccc([N+](=O)[O-])c1S(=O)(=O)N1CCCC(C)C1CN.Cl. The van der Waals surface area contributed by atoms with Crippen molar-refractivity contribution in [2.45, 2.75) is 37.6 Å². The fourth-order valence-electron chi connectivity index (χ4n) is 3.09. The number of nitro benzene ring substituents is 1. The van der Waals surface area contributed by atoms with Crippen LogP contribution in [0.2, 0.25) is 0 Å². The Morgan fingerprint density at radius 3 is 2.65 bits per heavy atom. The van der Waals surface area contributed by atoms with Gasteiger partial charge in [-0.1, -0.05) is 19.1 Å². The Labute approximate surface area is 142 Å². The van der Waals surface area contributed by atoms with Crippen molar-refractivity contribution < 1.29 is 13.3 Å². The monoisotopic (exact) mass is 363 g/mol. The molecule has 0 saturated carbocycles. The molecule has 2 rings (SSSR count). The third kappa shape index (κ3) is 3.65. The summed E-state index contributed by atoms with van der Waals surface area (Å²) in [5.74, 6) is 0.136. The van der Waals surface area contributed by atoms with Gasteiger partial charge in [0.15, 0.2) is 4.90 Å². The second-order valence-corrected chi connectivity index (χ2v) is 7.55. The molecule has 1 aromatic rings. The van der Waals surface area contributed by atoms with Gasteiger partial charge in [-0.2, -0.15) is 4.31 Å². The maximum atomic E-state index is 13.0. The molecule has 0 radical (unpaired) electrons. The summed E-state index contributed by atoms with van der Waals surface area (Å²) >= 11 is 0. The summed E-state index contributed by atoms with van der Waals surface area (Å²) < 4.78 is 27.4. The lowest BCUT2D eigenvalue weighted by Crippen LogP contribution is -2.51. The highest BCUT2D eigenvalue weighted by molar-refractivity contribution is 7.89. The largest absolute Gasteiger partial charge is 0.329 e. The summed E-state index contributed by atoms with van der Waals surface area (Å²) in [6, 6.07) is 3.97. The number of aryl methyl sites for hydroxylation is 1. The van der Waals surface area contributed by atoms with Crippen molar-refractivity contribution in [3.05, 3.63) is 33.9 Å². The van der Waals surface area contributed by atoms with E-state index >= 15 is 0 Å². The zero-order valence-electron chi connectivity index (χ0n) is 13.1. The van der Waals surface area contributed by atoms with E-state index in [1.165, 1.54) is 16.4 Å². The number of rotatable bonds is 4. The first-order chi connectivity index (χ1) is 10.3. The predicted molar refractivity (Wildman–Crippen MR) is 90.2 cm³/mol. The highest BCUT2D eigenvalue weighted by Gasteiger charge is 2.40. The van der Waals surface area contributed by atoms with Crippen LogP contribution in [0.5, 0.6) is 0 Å². The van der Waals surface area contributed by atoms with E-state index in [9.17, 15) is 18.5 Å². The second-order valence-electron chi connectivity index (χ2n) is 5.72. The smallest absolute Gasteiger partial charge is 0.289 e. The van der Waals surface area contributed by atoms with Gasteiger partial charge in [0.2, 0.25) is 10.0 Å². The molecule has 0 bridgehead atoms. The maximum Gasteiger partial charge on any atom is 0.289 e. The van der Waals surface area contributed by atoms with Crippen LogP contribution in [0.4, 0.5) is 5.69 Å². The molecule has 1 aliphatic rings. The quantitative estimate of drug-likeness (QED) is 0.651. The van der Waals surface area contributed by atoms with Crippen molar-refractivity contribution >= 4 is 28.1 Å².